The Kier molecular flexibility index (Phi) is 8.60. The number of hydrogen-bond donors (Lipinski definition) is 1. The molecule has 0 spiro atoms. The highest BCUT2D eigenvalue weighted by Crippen LogP contribution is 2.40. The molecule has 0 bridgehead atoms. The van der Waals surface area contributed by atoms with Gasteiger partial charge < -0.3 is 24.3 Å². The van der Waals surface area contributed by atoms with Crippen molar-refractivity contribution in [1.29, 1.82) is 0 Å². The fraction of sp³-hybridized carbons (Fsp3) is 0.654. The molecular weight excluding hydrogens is 406 g/mol. The van der Waals surface area contributed by atoms with E-state index in [2.05, 4.69) is 17.4 Å². The lowest BCUT2D eigenvalue weighted by molar-refractivity contribution is -0.172. The lowest BCUT2D eigenvalue weighted by Crippen LogP contribution is -2.40. The van der Waals surface area contributed by atoms with Gasteiger partial charge in [-0.05, 0) is 94.4 Å². The highest BCUT2D eigenvalue weighted by atomic mass is 16.7. The summed E-state index contributed by atoms with van der Waals surface area (Å²) in [6.45, 7) is 3.80. The maximum Gasteiger partial charge on any atom is 0.286 e. The monoisotopic (exact) mass is 443 g/mol. The lowest BCUT2D eigenvalue weighted by atomic mass is 9.93. The van der Waals surface area contributed by atoms with Crippen molar-refractivity contribution in [1.82, 2.24) is 5.32 Å². The van der Waals surface area contributed by atoms with Crippen LogP contribution >= 0.6 is 0 Å². The first kappa shape index (κ1) is 23.3. The van der Waals surface area contributed by atoms with Gasteiger partial charge in [0.2, 0.25) is 0 Å². The normalized spacial score (nSPS) is 26.5. The van der Waals surface area contributed by atoms with Gasteiger partial charge >= 0.3 is 0 Å². The van der Waals surface area contributed by atoms with Crippen LogP contribution in [-0.4, -0.2) is 44.2 Å². The fourth-order valence-electron chi connectivity index (χ4n) is 4.46. The van der Waals surface area contributed by atoms with Gasteiger partial charge in [-0.3, -0.25) is 4.79 Å². The number of allylic oxidation sites excluding steroid dienone is 1. The number of carbonyl (C=O) groups is 1. The number of amides is 1. The third kappa shape index (κ3) is 7.06. The Bertz CT molecular complexity index is 744. The van der Waals surface area contributed by atoms with Crippen molar-refractivity contribution in [2.45, 2.75) is 89.1 Å². The SMILES string of the molecule is C/C=C(\Oc1ccc(C2CC2)cc1)C(=O)N[C@H]1CC[C@H](OCCOC2CCCCO2)CC1. The number of benzene rings is 1. The zero-order chi connectivity index (χ0) is 22.2. The van der Waals surface area contributed by atoms with E-state index in [4.69, 9.17) is 18.9 Å². The molecule has 1 N–H and O–H groups in total. The highest BCUT2D eigenvalue weighted by molar-refractivity contribution is 5.92. The molecule has 0 radical (unpaired) electrons. The topological polar surface area (TPSA) is 66.0 Å². The molecule has 6 heteroatoms. The third-order valence-electron chi connectivity index (χ3n) is 6.53. The zero-order valence-electron chi connectivity index (χ0n) is 19.2. The van der Waals surface area contributed by atoms with Crippen molar-refractivity contribution in [2.24, 2.45) is 0 Å². The van der Waals surface area contributed by atoms with Crippen LogP contribution in [-0.2, 0) is 19.0 Å². The second-order valence-electron chi connectivity index (χ2n) is 9.08. The van der Waals surface area contributed by atoms with Gasteiger partial charge in [0.15, 0.2) is 12.0 Å². The van der Waals surface area contributed by atoms with E-state index in [1.165, 1.54) is 24.8 Å². The predicted molar refractivity (Wildman–Crippen MR) is 122 cm³/mol. The van der Waals surface area contributed by atoms with E-state index in [1.807, 2.05) is 19.1 Å². The molecular formula is C26H37NO5. The Morgan fingerprint density at radius 3 is 2.41 bits per heavy atom. The van der Waals surface area contributed by atoms with Crippen molar-refractivity contribution < 1.29 is 23.7 Å². The summed E-state index contributed by atoms with van der Waals surface area (Å²) >= 11 is 0. The van der Waals surface area contributed by atoms with Crippen LogP contribution in [0.2, 0.25) is 0 Å². The molecule has 2 saturated carbocycles. The average Bonchev–Trinajstić information content (AvgIpc) is 3.68. The molecule has 1 saturated heterocycles. The molecule has 176 valence electrons. The van der Waals surface area contributed by atoms with Gasteiger partial charge in [-0.25, -0.2) is 0 Å². The molecule has 1 aromatic rings. The third-order valence-corrected chi connectivity index (χ3v) is 6.53. The van der Waals surface area contributed by atoms with E-state index in [1.54, 1.807) is 6.08 Å². The summed E-state index contributed by atoms with van der Waals surface area (Å²) in [5.74, 6) is 1.62. The first-order valence-corrected chi connectivity index (χ1v) is 12.3. The minimum absolute atomic E-state index is 0.0579. The molecule has 32 heavy (non-hydrogen) atoms. The van der Waals surface area contributed by atoms with Crippen LogP contribution in [0.3, 0.4) is 0 Å². The summed E-state index contributed by atoms with van der Waals surface area (Å²) < 4.78 is 23.1. The van der Waals surface area contributed by atoms with Gasteiger partial charge in [0.1, 0.15) is 5.75 Å². The van der Waals surface area contributed by atoms with Crippen LogP contribution in [0, 0.1) is 0 Å². The molecule has 0 aromatic heterocycles. The van der Waals surface area contributed by atoms with Gasteiger partial charge in [-0.2, -0.15) is 0 Å². The summed E-state index contributed by atoms with van der Waals surface area (Å²) in [4.78, 5) is 12.7. The quantitative estimate of drug-likeness (QED) is 0.319. The van der Waals surface area contributed by atoms with Crippen molar-refractivity contribution in [3.8, 4) is 5.75 Å². The molecule has 6 nitrogen and oxygen atoms in total. The van der Waals surface area contributed by atoms with E-state index < -0.39 is 0 Å². The Morgan fingerprint density at radius 2 is 1.75 bits per heavy atom. The van der Waals surface area contributed by atoms with Crippen molar-refractivity contribution >= 4 is 5.91 Å². The molecule has 1 unspecified atom stereocenters. The molecule has 1 amide bonds. The number of rotatable bonds is 10. The van der Waals surface area contributed by atoms with E-state index in [-0.39, 0.29) is 24.3 Å². The minimum atomic E-state index is -0.149. The Balaban J connectivity index is 1.12. The second-order valence-corrected chi connectivity index (χ2v) is 9.08. The first-order valence-electron chi connectivity index (χ1n) is 12.3. The maximum atomic E-state index is 12.7. The number of ether oxygens (including phenoxy) is 4. The van der Waals surface area contributed by atoms with E-state index in [0.717, 1.165) is 45.1 Å². The predicted octanol–water partition coefficient (Wildman–Crippen LogP) is 4.83. The van der Waals surface area contributed by atoms with Crippen LogP contribution in [0.25, 0.3) is 0 Å². The Hall–Kier alpha value is -1.89. The van der Waals surface area contributed by atoms with E-state index >= 15 is 0 Å². The Morgan fingerprint density at radius 1 is 1.00 bits per heavy atom. The number of hydrogen-bond acceptors (Lipinski definition) is 5. The van der Waals surface area contributed by atoms with Crippen LogP contribution in [0.4, 0.5) is 0 Å². The smallest absolute Gasteiger partial charge is 0.286 e. The van der Waals surface area contributed by atoms with Crippen molar-refractivity contribution in [3.63, 3.8) is 0 Å². The maximum absolute atomic E-state index is 12.7. The molecule has 2 aliphatic carbocycles. The summed E-state index contributed by atoms with van der Waals surface area (Å²) in [7, 11) is 0. The van der Waals surface area contributed by atoms with Crippen LogP contribution in [0.5, 0.6) is 5.75 Å². The van der Waals surface area contributed by atoms with Gasteiger partial charge in [0.25, 0.3) is 5.91 Å². The Labute approximate surface area is 191 Å². The summed E-state index contributed by atoms with van der Waals surface area (Å²) in [5.41, 5.74) is 1.36. The molecule has 1 heterocycles. The summed E-state index contributed by atoms with van der Waals surface area (Å²) in [6.07, 6.45) is 11.5. The minimum Gasteiger partial charge on any atom is -0.452 e. The van der Waals surface area contributed by atoms with Crippen LogP contribution in [0.15, 0.2) is 36.1 Å². The number of nitrogens with one attached hydrogen (secondary N) is 1. The summed E-state index contributed by atoms with van der Waals surface area (Å²) in [6, 6.07) is 8.28. The first-order chi connectivity index (χ1) is 15.7. The van der Waals surface area contributed by atoms with Gasteiger partial charge in [-0.1, -0.05) is 12.1 Å². The van der Waals surface area contributed by atoms with Crippen molar-refractivity contribution in [3.05, 3.63) is 41.7 Å². The highest BCUT2D eigenvalue weighted by Gasteiger charge is 2.25. The molecule has 1 atom stereocenters. The standard InChI is InChI=1S/C26H37NO5/c1-2-24(32-23-12-8-20(9-13-23)19-6-7-19)26(28)27-21-10-14-22(15-11-21)29-17-18-31-25-5-3-4-16-30-25/h2,8-9,12-13,19,21-22,25H,3-7,10-11,14-18H2,1H3,(H,27,28)/b24-2-/t21-,22-,25?. The molecule has 4 rings (SSSR count). The molecule has 1 aliphatic heterocycles. The summed E-state index contributed by atoms with van der Waals surface area (Å²) in [5, 5.41) is 3.13. The largest absolute Gasteiger partial charge is 0.452 e. The van der Waals surface area contributed by atoms with E-state index in [0.29, 0.717) is 30.6 Å². The van der Waals surface area contributed by atoms with Gasteiger partial charge in [0, 0.05) is 12.6 Å². The second kappa shape index (κ2) is 11.8. The zero-order valence-corrected chi connectivity index (χ0v) is 19.2. The number of carbonyl (C=O) groups excluding carboxylic acids is 1. The van der Waals surface area contributed by atoms with Crippen molar-refractivity contribution in [2.75, 3.05) is 19.8 Å². The van der Waals surface area contributed by atoms with Gasteiger partial charge in [0.05, 0.1) is 19.3 Å². The van der Waals surface area contributed by atoms with Crippen LogP contribution < -0.4 is 10.1 Å². The van der Waals surface area contributed by atoms with Gasteiger partial charge in [-0.15, -0.1) is 0 Å². The molecule has 3 aliphatic rings. The van der Waals surface area contributed by atoms with Crippen LogP contribution in [0.1, 0.15) is 76.2 Å². The average molecular weight is 444 g/mol. The fourth-order valence-corrected chi connectivity index (χ4v) is 4.46. The lowest BCUT2D eigenvalue weighted by Gasteiger charge is -2.29. The molecule has 1 aromatic carbocycles. The molecule has 3 fully saturated rings. The van der Waals surface area contributed by atoms with E-state index in [9.17, 15) is 4.79 Å².